The zero-order chi connectivity index (χ0) is 22.8. The third kappa shape index (κ3) is 4.73. The van der Waals surface area contributed by atoms with Crippen LogP contribution in [0.4, 0.5) is 5.69 Å². The highest BCUT2D eigenvalue weighted by Gasteiger charge is 2.42. The smallest absolute Gasteiger partial charge is 0.271 e. The van der Waals surface area contributed by atoms with Gasteiger partial charge >= 0.3 is 0 Å². The Morgan fingerprint density at radius 3 is 2.70 bits per heavy atom. The summed E-state index contributed by atoms with van der Waals surface area (Å²) in [4.78, 5) is 37.6. The van der Waals surface area contributed by atoms with Crippen molar-refractivity contribution in [2.45, 2.75) is 24.8 Å². The number of hydrogen-bond acceptors (Lipinski definition) is 6. The van der Waals surface area contributed by atoms with E-state index in [0.29, 0.717) is 28.3 Å². The summed E-state index contributed by atoms with van der Waals surface area (Å²) in [6.07, 6.45) is 0.0138. The first-order chi connectivity index (χ1) is 16.1. The molecule has 3 aromatic rings. The summed E-state index contributed by atoms with van der Waals surface area (Å²) in [5.74, 6) is 0.681. The van der Waals surface area contributed by atoms with Crippen LogP contribution in [0.5, 0.6) is 0 Å². The molecule has 2 aliphatic rings. The Balaban J connectivity index is 1.37. The molecular formula is C24H19ClN4O2S2. The highest BCUT2D eigenvalue weighted by molar-refractivity contribution is 8.13. The number of nitrogens with one attached hydrogen (secondary N) is 1. The average molecular weight is 495 g/mol. The number of benzene rings is 2. The van der Waals surface area contributed by atoms with Gasteiger partial charge in [-0.05, 0) is 41.3 Å². The Labute approximate surface area is 204 Å². The number of fused-ring (bicyclic) bond motifs is 3. The van der Waals surface area contributed by atoms with Crippen LogP contribution >= 0.6 is 34.7 Å². The molecule has 6 nitrogen and oxygen atoms in total. The number of halogens is 1. The molecule has 0 spiro atoms. The van der Waals surface area contributed by atoms with E-state index in [9.17, 15) is 9.59 Å². The van der Waals surface area contributed by atoms with Gasteiger partial charge in [0.1, 0.15) is 11.9 Å². The van der Waals surface area contributed by atoms with Gasteiger partial charge in [0.25, 0.3) is 5.91 Å². The van der Waals surface area contributed by atoms with E-state index in [0.717, 1.165) is 21.7 Å². The second-order valence-corrected chi connectivity index (χ2v) is 9.96. The predicted octanol–water partition coefficient (Wildman–Crippen LogP) is 5.00. The number of amides is 2. The molecule has 0 aliphatic carbocycles. The van der Waals surface area contributed by atoms with Crippen LogP contribution in [0.1, 0.15) is 22.4 Å². The molecule has 2 aliphatic heterocycles. The number of carbonyl (C=O) groups is 2. The van der Waals surface area contributed by atoms with Crippen LogP contribution in [-0.2, 0) is 21.9 Å². The van der Waals surface area contributed by atoms with Crippen molar-refractivity contribution in [3.63, 3.8) is 0 Å². The van der Waals surface area contributed by atoms with Crippen molar-refractivity contribution in [2.75, 3.05) is 0 Å². The number of nitrogens with zero attached hydrogens (tertiary/aromatic N) is 3. The zero-order valence-electron chi connectivity index (χ0n) is 17.4. The molecule has 1 aromatic heterocycles. The van der Waals surface area contributed by atoms with E-state index in [-0.39, 0.29) is 18.2 Å². The minimum Gasteiger partial charge on any atom is -0.351 e. The summed E-state index contributed by atoms with van der Waals surface area (Å²) in [5.41, 5.74) is 2.64. The highest BCUT2D eigenvalue weighted by atomic mass is 35.5. The molecule has 0 saturated carbocycles. The number of aliphatic imine (C=N–C) groups is 2. The third-order valence-electron chi connectivity index (χ3n) is 5.31. The fraction of sp³-hybridized carbons (Fsp3) is 0.167. The highest BCUT2D eigenvalue weighted by Crippen LogP contribution is 2.35. The van der Waals surface area contributed by atoms with Crippen molar-refractivity contribution in [3.8, 4) is 0 Å². The molecule has 2 amide bonds. The van der Waals surface area contributed by atoms with Gasteiger partial charge in [-0.15, -0.1) is 11.3 Å². The minimum atomic E-state index is -0.715. The minimum absolute atomic E-state index is 0.0138. The topological polar surface area (TPSA) is 74.1 Å². The summed E-state index contributed by atoms with van der Waals surface area (Å²) in [5, 5.41) is 6.21. The van der Waals surface area contributed by atoms with Crippen molar-refractivity contribution in [1.82, 2.24) is 10.2 Å². The number of amidine groups is 2. The van der Waals surface area contributed by atoms with Crippen LogP contribution in [0.3, 0.4) is 0 Å². The first kappa shape index (κ1) is 21.9. The lowest BCUT2D eigenvalue weighted by Gasteiger charge is -2.30. The van der Waals surface area contributed by atoms with Gasteiger partial charge in [-0.2, -0.15) is 4.99 Å². The molecule has 3 heterocycles. The molecule has 0 bridgehead atoms. The van der Waals surface area contributed by atoms with Crippen molar-refractivity contribution in [2.24, 2.45) is 9.98 Å². The number of hydrogen-bond donors (Lipinski definition) is 1. The van der Waals surface area contributed by atoms with Crippen LogP contribution in [0.2, 0.25) is 5.02 Å². The van der Waals surface area contributed by atoms with Gasteiger partial charge in [-0.1, -0.05) is 53.7 Å². The molecule has 2 aromatic carbocycles. The Bertz CT molecular complexity index is 1260. The first-order valence-corrected chi connectivity index (χ1v) is 12.6. The monoisotopic (exact) mass is 494 g/mol. The molecule has 1 unspecified atom stereocenters. The summed E-state index contributed by atoms with van der Waals surface area (Å²) in [7, 11) is 0. The SMILES string of the molecule is O=C(CC1C(=O)N=C2c3ccccc3N=C(SCc3ccc(Cl)cc3)N21)NCc1cccs1. The maximum atomic E-state index is 12.9. The van der Waals surface area contributed by atoms with E-state index in [1.54, 1.807) is 11.3 Å². The van der Waals surface area contributed by atoms with Gasteiger partial charge in [0.05, 0.1) is 18.7 Å². The lowest BCUT2D eigenvalue weighted by Crippen LogP contribution is -2.45. The Hall–Kier alpha value is -2.94. The van der Waals surface area contributed by atoms with Crippen molar-refractivity contribution in [3.05, 3.63) is 87.1 Å². The van der Waals surface area contributed by atoms with Crippen LogP contribution in [0.15, 0.2) is 76.0 Å². The van der Waals surface area contributed by atoms with Crippen LogP contribution in [0.25, 0.3) is 0 Å². The summed E-state index contributed by atoms with van der Waals surface area (Å²) < 4.78 is 0. The summed E-state index contributed by atoms with van der Waals surface area (Å²) >= 11 is 9.09. The molecule has 5 rings (SSSR count). The maximum absolute atomic E-state index is 12.9. The van der Waals surface area contributed by atoms with Crippen molar-refractivity contribution in [1.29, 1.82) is 0 Å². The van der Waals surface area contributed by atoms with E-state index in [2.05, 4.69) is 10.3 Å². The normalized spacial score (nSPS) is 16.7. The standard InChI is InChI=1S/C24H19ClN4O2S2/c25-16-9-7-15(8-10-16)14-33-24-27-19-6-2-1-5-18(19)22-28-23(31)20(29(22)24)12-21(30)26-13-17-4-3-11-32-17/h1-11,20H,12-14H2,(H,26,30). The fourth-order valence-corrected chi connectivity index (χ4v) is 5.45. The average Bonchev–Trinajstić information content (AvgIpc) is 3.45. The van der Waals surface area contributed by atoms with E-state index in [1.165, 1.54) is 11.8 Å². The third-order valence-corrected chi connectivity index (χ3v) is 7.46. The molecule has 0 radical (unpaired) electrons. The molecule has 0 fully saturated rings. The largest absolute Gasteiger partial charge is 0.351 e. The van der Waals surface area contributed by atoms with Crippen molar-refractivity contribution >= 4 is 63.2 Å². The van der Waals surface area contributed by atoms with Gasteiger partial charge in [0.2, 0.25) is 5.91 Å². The Morgan fingerprint density at radius 1 is 1.09 bits per heavy atom. The number of carbonyl (C=O) groups excluding carboxylic acids is 2. The molecular weight excluding hydrogens is 476 g/mol. The molecule has 33 heavy (non-hydrogen) atoms. The Kier molecular flexibility index (Phi) is 6.30. The molecule has 166 valence electrons. The molecule has 1 atom stereocenters. The van der Waals surface area contributed by atoms with Gasteiger partial charge in [0, 0.05) is 21.2 Å². The number of thiophene rings is 1. The summed E-state index contributed by atoms with van der Waals surface area (Å²) in [6.45, 7) is 0.445. The fourth-order valence-electron chi connectivity index (χ4n) is 3.68. The van der Waals surface area contributed by atoms with E-state index in [4.69, 9.17) is 16.6 Å². The zero-order valence-corrected chi connectivity index (χ0v) is 19.8. The second-order valence-electron chi connectivity index (χ2n) is 7.55. The van der Waals surface area contributed by atoms with Gasteiger partial charge in [0.15, 0.2) is 5.17 Å². The van der Waals surface area contributed by atoms with E-state index < -0.39 is 6.04 Å². The van der Waals surface area contributed by atoms with Crippen molar-refractivity contribution < 1.29 is 9.59 Å². The molecule has 0 saturated heterocycles. The second kappa shape index (κ2) is 9.51. The van der Waals surface area contributed by atoms with Gasteiger partial charge in [-0.25, -0.2) is 4.99 Å². The van der Waals surface area contributed by atoms with Crippen LogP contribution < -0.4 is 5.32 Å². The Morgan fingerprint density at radius 2 is 1.91 bits per heavy atom. The maximum Gasteiger partial charge on any atom is 0.271 e. The molecule has 9 heteroatoms. The first-order valence-electron chi connectivity index (χ1n) is 10.3. The number of thioether (sulfide) groups is 1. The number of rotatable bonds is 6. The van der Waals surface area contributed by atoms with Crippen LogP contribution in [0, 0.1) is 0 Å². The van der Waals surface area contributed by atoms with Crippen LogP contribution in [-0.4, -0.2) is 33.8 Å². The lowest BCUT2D eigenvalue weighted by atomic mass is 10.1. The number of para-hydroxylation sites is 1. The van der Waals surface area contributed by atoms with Gasteiger partial charge in [-0.3, -0.25) is 14.5 Å². The molecule has 1 N–H and O–H groups in total. The van der Waals surface area contributed by atoms with E-state index in [1.807, 2.05) is 70.9 Å². The predicted molar refractivity (Wildman–Crippen MR) is 134 cm³/mol. The van der Waals surface area contributed by atoms with Gasteiger partial charge < -0.3 is 5.32 Å². The lowest BCUT2D eigenvalue weighted by molar-refractivity contribution is -0.126. The summed E-state index contributed by atoms with van der Waals surface area (Å²) in [6, 6.07) is 18.4. The van der Waals surface area contributed by atoms with E-state index >= 15 is 0 Å². The quantitative estimate of drug-likeness (QED) is 0.523.